The van der Waals surface area contributed by atoms with Crippen LogP contribution in [-0.4, -0.2) is 23.5 Å². The quantitative estimate of drug-likeness (QED) is 0.739. The number of aromatic amines is 1. The first-order chi connectivity index (χ1) is 9.56. The van der Waals surface area contributed by atoms with Crippen LogP contribution in [0.2, 0.25) is 0 Å². The van der Waals surface area contributed by atoms with Crippen molar-refractivity contribution in [1.82, 2.24) is 14.7 Å². The van der Waals surface area contributed by atoms with E-state index in [1.54, 1.807) is 6.20 Å². The molecule has 0 saturated carbocycles. The van der Waals surface area contributed by atoms with E-state index < -0.39 is 10.0 Å². The Morgan fingerprint density at radius 1 is 1.45 bits per heavy atom. The number of rotatable bonds is 6. The Morgan fingerprint density at radius 3 is 2.90 bits per heavy atom. The van der Waals surface area contributed by atoms with Crippen molar-refractivity contribution in [3.05, 3.63) is 47.5 Å². The van der Waals surface area contributed by atoms with Crippen LogP contribution < -0.4 is 4.72 Å². The van der Waals surface area contributed by atoms with E-state index in [2.05, 4.69) is 14.7 Å². The van der Waals surface area contributed by atoms with E-state index in [1.165, 1.54) is 12.3 Å². The molecule has 0 spiro atoms. The summed E-state index contributed by atoms with van der Waals surface area (Å²) < 4.78 is 26.7. The zero-order valence-electron chi connectivity index (χ0n) is 11.1. The van der Waals surface area contributed by atoms with Gasteiger partial charge in [-0.25, -0.2) is 13.1 Å². The molecule has 0 aliphatic carbocycles. The molecule has 6 nitrogen and oxygen atoms in total. The van der Waals surface area contributed by atoms with Gasteiger partial charge in [0.05, 0.1) is 23.7 Å². The van der Waals surface area contributed by atoms with Gasteiger partial charge < -0.3 is 10.1 Å². The molecule has 0 amide bonds. The van der Waals surface area contributed by atoms with E-state index in [9.17, 15) is 8.42 Å². The largest absolute Gasteiger partial charge is 0.390 e. The average Bonchev–Trinajstić information content (AvgIpc) is 2.95. The predicted octanol–water partition coefficient (Wildman–Crippen LogP) is 0.943. The molecule has 0 unspecified atom stereocenters. The van der Waals surface area contributed by atoms with Crippen molar-refractivity contribution < 1.29 is 13.5 Å². The third-order valence-corrected chi connectivity index (χ3v) is 4.37. The first kappa shape index (κ1) is 14.7. The molecule has 0 bridgehead atoms. The zero-order valence-corrected chi connectivity index (χ0v) is 11.9. The second-order valence-corrected chi connectivity index (χ2v) is 6.07. The fraction of sp³-hybridized carbons (Fsp3) is 0.308. The van der Waals surface area contributed by atoms with Crippen molar-refractivity contribution >= 4 is 10.0 Å². The smallest absolute Gasteiger partial charge is 0.242 e. The van der Waals surface area contributed by atoms with Gasteiger partial charge in [0.1, 0.15) is 0 Å². The molecule has 0 aromatic carbocycles. The van der Waals surface area contributed by atoms with Crippen LogP contribution >= 0.6 is 0 Å². The Balaban J connectivity index is 2.13. The number of hydrogen-bond acceptors (Lipinski definition) is 4. The van der Waals surface area contributed by atoms with Crippen molar-refractivity contribution in [2.75, 3.05) is 0 Å². The number of aromatic nitrogens is 2. The van der Waals surface area contributed by atoms with Gasteiger partial charge in [-0.2, -0.15) is 0 Å². The number of hydrogen-bond donors (Lipinski definition) is 3. The number of aryl methyl sites for hydroxylation is 1. The normalized spacial score (nSPS) is 11.7. The van der Waals surface area contributed by atoms with Gasteiger partial charge in [0.15, 0.2) is 0 Å². The van der Waals surface area contributed by atoms with Crippen LogP contribution in [0, 0.1) is 0 Å². The van der Waals surface area contributed by atoms with Crippen LogP contribution in [0.1, 0.15) is 23.9 Å². The van der Waals surface area contributed by atoms with Crippen molar-refractivity contribution in [1.29, 1.82) is 0 Å². The lowest BCUT2D eigenvalue weighted by Crippen LogP contribution is -2.24. The van der Waals surface area contributed by atoms with E-state index in [-0.39, 0.29) is 18.0 Å². The highest BCUT2D eigenvalue weighted by Crippen LogP contribution is 2.12. The second-order valence-electron chi connectivity index (χ2n) is 4.31. The van der Waals surface area contributed by atoms with Gasteiger partial charge in [-0.3, -0.25) is 4.98 Å². The van der Waals surface area contributed by atoms with E-state index >= 15 is 0 Å². The molecule has 0 aliphatic heterocycles. The van der Waals surface area contributed by atoms with Crippen LogP contribution in [-0.2, 0) is 29.6 Å². The maximum absolute atomic E-state index is 12.1. The highest BCUT2D eigenvalue weighted by molar-refractivity contribution is 7.89. The Labute approximate surface area is 117 Å². The minimum atomic E-state index is -3.61. The summed E-state index contributed by atoms with van der Waals surface area (Å²) in [6.07, 6.45) is 3.79. The molecule has 2 aromatic heterocycles. The maximum atomic E-state index is 12.1. The van der Waals surface area contributed by atoms with Crippen LogP contribution in [0.3, 0.4) is 0 Å². The average molecular weight is 295 g/mol. The number of sulfonamides is 1. The van der Waals surface area contributed by atoms with Crippen molar-refractivity contribution in [3.63, 3.8) is 0 Å². The number of pyridine rings is 1. The molecule has 0 fully saturated rings. The molecule has 2 rings (SSSR count). The van der Waals surface area contributed by atoms with Gasteiger partial charge >= 0.3 is 0 Å². The van der Waals surface area contributed by atoms with Crippen molar-refractivity contribution in [2.45, 2.75) is 31.4 Å². The lowest BCUT2D eigenvalue weighted by molar-refractivity contribution is 0.277. The van der Waals surface area contributed by atoms with E-state index in [0.717, 1.165) is 17.7 Å². The van der Waals surface area contributed by atoms with Gasteiger partial charge in [0.2, 0.25) is 10.0 Å². The van der Waals surface area contributed by atoms with Crippen LogP contribution in [0.15, 0.2) is 35.5 Å². The standard InChI is InChI=1S/C13H17N3O3S/c1-2-10-4-3-5-14-13(10)8-16-20(18,19)12-6-11(9-17)15-7-12/h3-7,15-17H,2,8-9H2,1H3. The Kier molecular flexibility index (Phi) is 4.53. The Morgan fingerprint density at radius 2 is 2.25 bits per heavy atom. The molecule has 0 aliphatic rings. The summed E-state index contributed by atoms with van der Waals surface area (Å²) in [6.45, 7) is 1.91. The number of nitrogens with one attached hydrogen (secondary N) is 2. The van der Waals surface area contributed by atoms with E-state index in [4.69, 9.17) is 5.11 Å². The van der Waals surface area contributed by atoms with Crippen LogP contribution in [0.25, 0.3) is 0 Å². The first-order valence-electron chi connectivity index (χ1n) is 6.27. The number of aliphatic hydroxyl groups excluding tert-OH is 1. The summed E-state index contributed by atoms with van der Waals surface area (Å²) in [6, 6.07) is 5.16. The molecular weight excluding hydrogens is 278 g/mol. The molecule has 108 valence electrons. The maximum Gasteiger partial charge on any atom is 0.242 e. The fourth-order valence-corrected chi connectivity index (χ4v) is 2.87. The minimum absolute atomic E-state index is 0.107. The fourth-order valence-electron chi connectivity index (χ4n) is 1.86. The first-order valence-corrected chi connectivity index (χ1v) is 7.75. The SMILES string of the molecule is CCc1cccnc1CNS(=O)(=O)c1c[nH]c(CO)c1. The summed E-state index contributed by atoms with van der Waals surface area (Å²) >= 11 is 0. The molecule has 0 radical (unpaired) electrons. The Hall–Kier alpha value is -1.70. The number of H-pyrrole nitrogens is 1. The topological polar surface area (TPSA) is 95.1 Å². The van der Waals surface area contributed by atoms with Crippen molar-refractivity contribution in [2.24, 2.45) is 0 Å². The van der Waals surface area contributed by atoms with Crippen molar-refractivity contribution in [3.8, 4) is 0 Å². The van der Waals surface area contributed by atoms with Gasteiger partial charge in [-0.15, -0.1) is 0 Å². The highest BCUT2D eigenvalue weighted by atomic mass is 32.2. The monoisotopic (exact) mass is 295 g/mol. The molecule has 3 N–H and O–H groups in total. The summed E-state index contributed by atoms with van der Waals surface area (Å²) in [5, 5.41) is 8.94. The van der Waals surface area contributed by atoms with Gasteiger partial charge in [0.25, 0.3) is 0 Å². The predicted molar refractivity (Wildman–Crippen MR) is 74.4 cm³/mol. The lowest BCUT2D eigenvalue weighted by atomic mass is 10.1. The van der Waals surface area contributed by atoms with Crippen LogP contribution in [0.4, 0.5) is 0 Å². The second kappa shape index (κ2) is 6.17. The molecule has 2 aromatic rings. The van der Waals surface area contributed by atoms with E-state index in [1.807, 2.05) is 19.1 Å². The number of nitrogens with zero attached hydrogens (tertiary/aromatic N) is 1. The number of aliphatic hydroxyl groups is 1. The molecule has 20 heavy (non-hydrogen) atoms. The molecule has 7 heteroatoms. The van der Waals surface area contributed by atoms with Crippen LogP contribution in [0.5, 0.6) is 0 Å². The zero-order chi connectivity index (χ0) is 14.6. The third-order valence-electron chi connectivity index (χ3n) is 2.99. The summed E-state index contributed by atoms with van der Waals surface area (Å²) in [4.78, 5) is 7.00. The van der Waals surface area contributed by atoms with Gasteiger partial charge in [-0.05, 0) is 24.1 Å². The van der Waals surface area contributed by atoms with Gasteiger partial charge in [-0.1, -0.05) is 13.0 Å². The molecule has 2 heterocycles. The molecular formula is C13H17N3O3S. The van der Waals surface area contributed by atoms with E-state index in [0.29, 0.717) is 5.69 Å². The molecule has 0 saturated heterocycles. The Bertz CT molecular complexity index is 680. The summed E-state index contributed by atoms with van der Waals surface area (Å²) in [5.41, 5.74) is 2.19. The summed E-state index contributed by atoms with van der Waals surface area (Å²) in [7, 11) is -3.61. The minimum Gasteiger partial charge on any atom is -0.390 e. The van der Waals surface area contributed by atoms with Gasteiger partial charge in [0, 0.05) is 18.1 Å². The lowest BCUT2D eigenvalue weighted by Gasteiger charge is -2.08. The molecule has 0 atom stereocenters. The highest BCUT2D eigenvalue weighted by Gasteiger charge is 2.16. The summed E-state index contributed by atoms with van der Waals surface area (Å²) in [5.74, 6) is 0. The third kappa shape index (κ3) is 3.24.